The summed E-state index contributed by atoms with van der Waals surface area (Å²) in [5, 5.41) is 0. The molecule has 0 saturated heterocycles. The van der Waals surface area contributed by atoms with Crippen molar-refractivity contribution in [2.24, 2.45) is 0 Å². The van der Waals surface area contributed by atoms with Gasteiger partial charge in [0.05, 0.1) is 0 Å². The molecule has 0 heterocycles. The van der Waals surface area contributed by atoms with Crippen molar-refractivity contribution in [2.75, 3.05) is 0 Å². The largest absolute Gasteiger partial charge is 0.187 e. The van der Waals surface area contributed by atoms with Crippen molar-refractivity contribution in [1.29, 1.82) is 0 Å². The standard InChI is InChI=1S/CH4.Al.2H4Si.Zr.3H/h1H4;;2*1H4;;;;. The molecule has 0 aromatic heterocycles. The van der Waals surface area contributed by atoms with Crippen molar-refractivity contribution in [3.8, 4) is 0 Å². The van der Waals surface area contributed by atoms with Crippen LogP contribution >= 0.6 is 0 Å². The van der Waals surface area contributed by atoms with Gasteiger partial charge in [-0.15, -0.1) is 0 Å². The summed E-state index contributed by atoms with van der Waals surface area (Å²) in [6.07, 6.45) is 0. The normalized spacial score (nSPS) is 0. The average Bonchev–Trinajstić information content (AvgIpc) is 0. The molecule has 34 valence electrons. The van der Waals surface area contributed by atoms with Gasteiger partial charge in [0, 0.05) is 26.2 Å². The van der Waals surface area contributed by atoms with Gasteiger partial charge in [0.1, 0.15) is 0 Å². The Morgan fingerprint density at radius 2 is 0.800 bits per heavy atom. The third kappa shape index (κ3) is 25.3. The van der Waals surface area contributed by atoms with Crippen molar-refractivity contribution in [1.82, 2.24) is 0 Å². The molecule has 0 N–H and O–H groups in total. The van der Waals surface area contributed by atoms with E-state index in [9.17, 15) is 0 Å². The first-order chi connectivity index (χ1) is 0. The smallest absolute Gasteiger partial charge is 0.0776 e. The Balaban J connectivity index is 0. The maximum Gasteiger partial charge on any atom is 0.187 e. The van der Waals surface area contributed by atoms with Gasteiger partial charge in [-0.2, -0.15) is 0 Å². The number of hydrogen-bond donors (Lipinski definition) is 0. The molecule has 0 atom stereocenters. The number of hydrogen-bond acceptors (Lipinski definition) is 0. The molecule has 0 aromatic carbocycles. The molecule has 0 fully saturated rings. The first-order valence-electron chi connectivity index (χ1n) is 0. The Labute approximate surface area is 72.4 Å². The maximum absolute atomic E-state index is 0. The zero-order valence-electron chi connectivity index (χ0n) is 0.500. The van der Waals surface area contributed by atoms with Gasteiger partial charge in [0.15, 0.2) is 17.4 Å². The Bertz CT molecular complexity index is 9.61. The summed E-state index contributed by atoms with van der Waals surface area (Å²) in [5.74, 6) is 0. The summed E-state index contributed by atoms with van der Waals surface area (Å²) >= 11 is 0. The minimum absolute atomic E-state index is 0. The topological polar surface area (TPSA) is 0 Å². The summed E-state index contributed by atoms with van der Waals surface area (Å²) in [6, 6.07) is 0. The fraction of sp³-hybridized carbons (Fsp3) is 1.00. The molecule has 4 heteroatoms. The summed E-state index contributed by atoms with van der Waals surface area (Å²) < 4.78 is 0. The average molecular weight is 202 g/mol. The van der Waals surface area contributed by atoms with E-state index in [-0.39, 0.29) is 72.9 Å². The van der Waals surface area contributed by atoms with Crippen LogP contribution in [0.4, 0.5) is 0 Å². The second-order valence-electron chi connectivity index (χ2n) is 0. The monoisotopic (exact) mass is 200 g/mol. The molecule has 0 rings (SSSR count). The summed E-state index contributed by atoms with van der Waals surface area (Å²) in [4.78, 5) is 0. The van der Waals surface area contributed by atoms with Gasteiger partial charge >= 0.3 is 0 Å². The van der Waals surface area contributed by atoms with Crippen LogP contribution in [0.25, 0.3) is 0 Å². The van der Waals surface area contributed by atoms with Crippen LogP contribution in [0, 0.1) is 0 Å². The van der Waals surface area contributed by atoms with Gasteiger partial charge in [-0.1, -0.05) is 7.43 Å². The van der Waals surface area contributed by atoms with Crippen LogP contribution in [0.3, 0.4) is 0 Å². The van der Waals surface area contributed by atoms with Crippen molar-refractivity contribution in [3.63, 3.8) is 0 Å². The quantitative estimate of drug-likeness (QED) is 0.358. The minimum Gasteiger partial charge on any atom is -0.0776 e. The van der Waals surface area contributed by atoms with Crippen molar-refractivity contribution in [3.05, 3.63) is 0 Å². The summed E-state index contributed by atoms with van der Waals surface area (Å²) in [5.41, 5.74) is 0. The second kappa shape index (κ2) is 40.2. The molecule has 0 spiro atoms. The van der Waals surface area contributed by atoms with Crippen molar-refractivity contribution >= 4 is 39.3 Å². The Hall–Kier alpha value is 1.85. The van der Waals surface area contributed by atoms with Crippen LogP contribution in [0.1, 0.15) is 7.43 Å². The SMILES string of the molecule is C.[AlH3].[SiH4].[SiH4].[Zr]. The van der Waals surface area contributed by atoms with E-state index in [1.165, 1.54) is 0 Å². The van der Waals surface area contributed by atoms with E-state index in [2.05, 4.69) is 0 Å². The molecule has 0 unspecified atom stereocenters. The molecule has 0 nitrogen and oxygen atoms in total. The third-order valence-electron chi connectivity index (χ3n) is 0. The predicted molar refractivity (Wildman–Crippen MR) is 39.3 cm³/mol. The fourth-order valence-corrected chi connectivity index (χ4v) is 0. The Morgan fingerprint density at radius 3 is 0.800 bits per heavy atom. The van der Waals surface area contributed by atoms with Gasteiger partial charge < -0.3 is 0 Å². The molecule has 0 radical (unpaired) electrons. The minimum atomic E-state index is 0. The molecule has 0 bridgehead atoms. The van der Waals surface area contributed by atoms with Crippen LogP contribution in [0.15, 0.2) is 0 Å². The Kier molecular flexibility index (Phi) is 551. The van der Waals surface area contributed by atoms with Gasteiger partial charge in [-0.3, -0.25) is 0 Å². The second-order valence-corrected chi connectivity index (χ2v) is 0. The van der Waals surface area contributed by atoms with Crippen molar-refractivity contribution < 1.29 is 26.2 Å². The van der Waals surface area contributed by atoms with Gasteiger partial charge in [0.2, 0.25) is 0 Å². The molecule has 0 aromatic rings. The van der Waals surface area contributed by atoms with Crippen molar-refractivity contribution in [2.45, 2.75) is 7.43 Å². The van der Waals surface area contributed by atoms with Crippen LogP contribution in [0.5, 0.6) is 0 Å². The predicted octanol–water partition coefficient (Wildman–Crippen LogP) is -3.45. The molecule has 0 aliphatic rings. The molecule has 0 aliphatic heterocycles. The molecular formula is CH15AlSi2Zr. The van der Waals surface area contributed by atoms with E-state index >= 15 is 0 Å². The van der Waals surface area contributed by atoms with E-state index in [4.69, 9.17) is 0 Å². The molecular weight excluding hydrogens is 186 g/mol. The van der Waals surface area contributed by atoms with E-state index in [0.717, 1.165) is 0 Å². The van der Waals surface area contributed by atoms with Gasteiger partial charge in [0.25, 0.3) is 0 Å². The fourth-order valence-electron chi connectivity index (χ4n) is 0. The van der Waals surface area contributed by atoms with E-state index in [1.807, 2.05) is 0 Å². The van der Waals surface area contributed by atoms with E-state index < -0.39 is 0 Å². The summed E-state index contributed by atoms with van der Waals surface area (Å²) in [7, 11) is 0. The van der Waals surface area contributed by atoms with Gasteiger partial charge in [-0.25, -0.2) is 0 Å². The number of rotatable bonds is 0. The first-order valence-corrected chi connectivity index (χ1v) is 0. The van der Waals surface area contributed by atoms with Crippen LogP contribution in [-0.2, 0) is 26.2 Å². The van der Waals surface area contributed by atoms with Crippen LogP contribution < -0.4 is 0 Å². The van der Waals surface area contributed by atoms with Gasteiger partial charge in [-0.05, 0) is 21.9 Å². The molecule has 5 heavy (non-hydrogen) atoms. The van der Waals surface area contributed by atoms with E-state index in [0.29, 0.717) is 0 Å². The molecule has 0 amide bonds. The first kappa shape index (κ1) is 68.5. The third-order valence-corrected chi connectivity index (χ3v) is 0. The maximum atomic E-state index is 0. The Morgan fingerprint density at radius 1 is 0.800 bits per heavy atom. The molecule has 0 saturated carbocycles. The van der Waals surface area contributed by atoms with Crippen LogP contribution in [-0.4, -0.2) is 39.3 Å². The van der Waals surface area contributed by atoms with Crippen LogP contribution in [0.2, 0.25) is 0 Å². The van der Waals surface area contributed by atoms with E-state index in [1.54, 1.807) is 0 Å². The summed E-state index contributed by atoms with van der Waals surface area (Å²) in [6.45, 7) is 0. The zero-order chi connectivity index (χ0) is 0. The zero-order valence-corrected chi connectivity index (χ0v) is 2.96. The molecule has 0 aliphatic carbocycles.